The quantitative estimate of drug-likeness (QED) is 0.900. The lowest BCUT2D eigenvalue weighted by atomic mass is 10.1. The third-order valence-corrected chi connectivity index (χ3v) is 3.73. The minimum atomic E-state index is 0.755. The van der Waals surface area contributed by atoms with Gasteiger partial charge in [-0.25, -0.2) is 0 Å². The first-order valence-corrected chi connectivity index (χ1v) is 7.02. The van der Waals surface area contributed by atoms with E-state index in [1.54, 1.807) is 0 Å². The zero-order valence-corrected chi connectivity index (χ0v) is 12.5. The van der Waals surface area contributed by atoms with Crippen LogP contribution in [0.3, 0.4) is 0 Å². The molecule has 0 atom stereocenters. The summed E-state index contributed by atoms with van der Waals surface area (Å²) in [5, 5.41) is 8.68. The Morgan fingerprint density at radius 1 is 1.26 bits per heavy atom. The molecule has 19 heavy (non-hydrogen) atoms. The Balaban J connectivity index is 1.98. The highest BCUT2D eigenvalue weighted by Crippen LogP contribution is 2.20. The van der Waals surface area contributed by atoms with E-state index in [0.717, 1.165) is 35.9 Å². The van der Waals surface area contributed by atoms with Crippen molar-refractivity contribution in [1.29, 1.82) is 0 Å². The molecule has 1 N–H and O–H groups in total. The molecule has 3 nitrogen and oxygen atoms in total. The van der Waals surface area contributed by atoms with Crippen LogP contribution in [0.5, 0.6) is 0 Å². The number of anilines is 1. The molecule has 0 bridgehead atoms. The molecule has 1 aromatic carbocycles. The van der Waals surface area contributed by atoms with E-state index in [0.29, 0.717) is 0 Å². The Kier molecular flexibility index (Phi) is 4.48. The van der Waals surface area contributed by atoms with Crippen LogP contribution in [0.15, 0.2) is 24.3 Å². The van der Waals surface area contributed by atoms with Crippen molar-refractivity contribution in [3.63, 3.8) is 0 Å². The number of hydrogen-bond acceptors (Lipinski definition) is 2. The Bertz CT molecular complexity index is 561. The second-order valence-electron chi connectivity index (χ2n) is 4.63. The summed E-state index contributed by atoms with van der Waals surface area (Å²) in [6.07, 6.45) is 1.04. The standard InChI is InChI=1S/C15H20ClN3/c1-4-13-11(2)18-19(12(13)3)10-9-17-15-8-6-5-7-14(15)16/h5-8,17H,4,9-10H2,1-3H3. The van der Waals surface area contributed by atoms with Gasteiger partial charge in [0, 0.05) is 12.2 Å². The number of para-hydroxylation sites is 1. The maximum absolute atomic E-state index is 6.10. The average Bonchev–Trinajstić information content (AvgIpc) is 2.66. The summed E-state index contributed by atoms with van der Waals surface area (Å²) < 4.78 is 2.07. The molecule has 2 aromatic rings. The molecule has 102 valence electrons. The van der Waals surface area contributed by atoms with Crippen molar-refractivity contribution < 1.29 is 0 Å². The monoisotopic (exact) mass is 277 g/mol. The molecule has 0 spiro atoms. The molecule has 0 aliphatic rings. The van der Waals surface area contributed by atoms with E-state index in [9.17, 15) is 0 Å². The maximum atomic E-state index is 6.10. The average molecular weight is 278 g/mol. The van der Waals surface area contributed by atoms with Gasteiger partial charge in [-0.05, 0) is 38.0 Å². The van der Waals surface area contributed by atoms with E-state index < -0.39 is 0 Å². The number of nitrogens with zero attached hydrogens (tertiary/aromatic N) is 2. The summed E-state index contributed by atoms with van der Waals surface area (Å²) in [6.45, 7) is 8.04. The Morgan fingerprint density at radius 3 is 2.63 bits per heavy atom. The highest BCUT2D eigenvalue weighted by atomic mass is 35.5. The first-order valence-electron chi connectivity index (χ1n) is 6.64. The zero-order chi connectivity index (χ0) is 13.8. The van der Waals surface area contributed by atoms with Crippen LogP contribution in [0, 0.1) is 13.8 Å². The largest absolute Gasteiger partial charge is 0.382 e. The van der Waals surface area contributed by atoms with Gasteiger partial charge < -0.3 is 5.32 Å². The lowest BCUT2D eigenvalue weighted by molar-refractivity contribution is 0.614. The second-order valence-corrected chi connectivity index (χ2v) is 5.04. The van der Waals surface area contributed by atoms with E-state index in [1.165, 1.54) is 11.3 Å². The van der Waals surface area contributed by atoms with Crippen molar-refractivity contribution in [3.05, 3.63) is 46.2 Å². The van der Waals surface area contributed by atoms with Crippen molar-refractivity contribution in [1.82, 2.24) is 9.78 Å². The summed E-state index contributed by atoms with van der Waals surface area (Å²) in [6, 6.07) is 7.79. The first kappa shape index (κ1) is 13.9. The van der Waals surface area contributed by atoms with Gasteiger partial charge in [-0.2, -0.15) is 5.10 Å². The third-order valence-electron chi connectivity index (χ3n) is 3.40. The van der Waals surface area contributed by atoms with E-state index in [1.807, 2.05) is 24.3 Å². The molecule has 0 aliphatic carbocycles. The molecule has 2 rings (SSSR count). The fourth-order valence-electron chi connectivity index (χ4n) is 2.36. The summed E-state index contributed by atoms with van der Waals surface area (Å²) in [7, 11) is 0. The highest BCUT2D eigenvalue weighted by Gasteiger charge is 2.09. The smallest absolute Gasteiger partial charge is 0.0637 e. The van der Waals surface area contributed by atoms with Gasteiger partial charge in [0.05, 0.1) is 22.9 Å². The molecule has 0 aliphatic heterocycles. The van der Waals surface area contributed by atoms with E-state index in [4.69, 9.17) is 11.6 Å². The lowest BCUT2D eigenvalue weighted by Crippen LogP contribution is -2.13. The van der Waals surface area contributed by atoms with Crippen LogP contribution in [0.2, 0.25) is 5.02 Å². The lowest BCUT2D eigenvalue weighted by Gasteiger charge is -2.09. The first-order chi connectivity index (χ1) is 9.13. The molecule has 1 aromatic heterocycles. The summed E-state index contributed by atoms with van der Waals surface area (Å²) in [4.78, 5) is 0. The molecule has 0 saturated carbocycles. The van der Waals surface area contributed by atoms with Gasteiger partial charge >= 0.3 is 0 Å². The van der Waals surface area contributed by atoms with Crippen LogP contribution in [0.4, 0.5) is 5.69 Å². The van der Waals surface area contributed by atoms with Crippen LogP contribution >= 0.6 is 11.6 Å². The van der Waals surface area contributed by atoms with Crippen LogP contribution in [0.25, 0.3) is 0 Å². The number of aromatic nitrogens is 2. The van der Waals surface area contributed by atoms with Gasteiger partial charge in [-0.3, -0.25) is 4.68 Å². The SMILES string of the molecule is CCc1c(C)nn(CCNc2ccccc2Cl)c1C. The zero-order valence-electron chi connectivity index (χ0n) is 11.7. The molecule has 0 fully saturated rings. The van der Waals surface area contributed by atoms with Gasteiger partial charge in [0.2, 0.25) is 0 Å². The topological polar surface area (TPSA) is 29.9 Å². The molecule has 0 saturated heterocycles. The van der Waals surface area contributed by atoms with Gasteiger partial charge in [-0.15, -0.1) is 0 Å². The highest BCUT2D eigenvalue weighted by molar-refractivity contribution is 6.33. The summed E-state index contributed by atoms with van der Waals surface area (Å²) in [5.74, 6) is 0. The summed E-state index contributed by atoms with van der Waals surface area (Å²) in [5.41, 5.74) is 4.73. The predicted molar refractivity (Wildman–Crippen MR) is 81.0 cm³/mol. The van der Waals surface area contributed by atoms with Crippen molar-refractivity contribution in [2.45, 2.75) is 33.7 Å². The number of rotatable bonds is 5. The van der Waals surface area contributed by atoms with Crippen molar-refractivity contribution >= 4 is 17.3 Å². The van der Waals surface area contributed by atoms with Crippen LogP contribution in [-0.2, 0) is 13.0 Å². The van der Waals surface area contributed by atoms with Crippen molar-refractivity contribution in [2.75, 3.05) is 11.9 Å². The molecule has 0 radical (unpaired) electrons. The Hall–Kier alpha value is -1.48. The van der Waals surface area contributed by atoms with Crippen LogP contribution in [0.1, 0.15) is 23.9 Å². The fraction of sp³-hybridized carbons (Fsp3) is 0.400. The van der Waals surface area contributed by atoms with Crippen LogP contribution in [-0.4, -0.2) is 16.3 Å². The molecule has 0 unspecified atom stereocenters. The predicted octanol–water partition coefficient (Wildman–Crippen LogP) is 3.83. The number of halogens is 1. The Labute approximate surface area is 119 Å². The normalized spacial score (nSPS) is 10.7. The van der Waals surface area contributed by atoms with E-state index >= 15 is 0 Å². The Morgan fingerprint density at radius 2 is 2.00 bits per heavy atom. The molecule has 4 heteroatoms. The minimum Gasteiger partial charge on any atom is -0.382 e. The summed E-state index contributed by atoms with van der Waals surface area (Å²) >= 11 is 6.10. The molecular formula is C15H20ClN3. The van der Waals surface area contributed by atoms with Gasteiger partial charge in [0.1, 0.15) is 0 Å². The second kappa shape index (κ2) is 6.11. The molecular weight excluding hydrogens is 258 g/mol. The minimum absolute atomic E-state index is 0.755. The molecule has 0 amide bonds. The number of aryl methyl sites for hydroxylation is 1. The van der Waals surface area contributed by atoms with Crippen LogP contribution < -0.4 is 5.32 Å². The van der Waals surface area contributed by atoms with E-state index in [-0.39, 0.29) is 0 Å². The van der Waals surface area contributed by atoms with Gasteiger partial charge in [0.25, 0.3) is 0 Å². The number of benzene rings is 1. The third kappa shape index (κ3) is 3.10. The van der Waals surface area contributed by atoms with Crippen molar-refractivity contribution in [3.8, 4) is 0 Å². The van der Waals surface area contributed by atoms with E-state index in [2.05, 4.69) is 35.9 Å². The molecule has 1 heterocycles. The maximum Gasteiger partial charge on any atom is 0.0637 e. The van der Waals surface area contributed by atoms with Gasteiger partial charge in [0.15, 0.2) is 0 Å². The number of nitrogens with one attached hydrogen (secondary N) is 1. The van der Waals surface area contributed by atoms with Gasteiger partial charge in [-0.1, -0.05) is 30.7 Å². The number of hydrogen-bond donors (Lipinski definition) is 1. The fourth-order valence-corrected chi connectivity index (χ4v) is 2.57. The van der Waals surface area contributed by atoms with Crippen molar-refractivity contribution in [2.24, 2.45) is 0 Å².